The van der Waals surface area contributed by atoms with Crippen molar-refractivity contribution in [1.82, 2.24) is 9.55 Å². The van der Waals surface area contributed by atoms with Crippen LogP contribution in [0.15, 0.2) is 54.9 Å². The normalized spacial score (nSPS) is 11.8. The highest BCUT2D eigenvalue weighted by atomic mass is 35.5. The van der Waals surface area contributed by atoms with Crippen molar-refractivity contribution in [1.29, 1.82) is 0 Å². The maximum atomic E-state index is 12.8. The number of rotatable bonds is 9. The second kappa shape index (κ2) is 10.6. The molecule has 10 heteroatoms. The number of carbonyl (C=O) groups is 2. The Bertz CT molecular complexity index is 1190. The summed E-state index contributed by atoms with van der Waals surface area (Å²) in [5, 5.41) is 6.77. The van der Waals surface area contributed by atoms with Gasteiger partial charge in [0.1, 0.15) is 12.0 Å². The van der Waals surface area contributed by atoms with Gasteiger partial charge in [-0.2, -0.15) is 0 Å². The fourth-order valence-electron chi connectivity index (χ4n) is 3.13. The summed E-state index contributed by atoms with van der Waals surface area (Å²) in [4.78, 5) is 29.1. The van der Waals surface area contributed by atoms with Crippen LogP contribution in [0.1, 0.15) is 41.7 Å². The highest BCUT2D eigenvalue weighted by Gasteiger charge is 2.36. The number of primary amides is 1. The number of hydrogen-bond acceptors (Lipinski definition) is 5. The van der Waals surface area contributed by atoms with Crippen LogP contribution in [0.3, 0.4) is 0 Å². The molecule has 1 heterocycles. The predicted octanol–water partition coefficient (Wildman–Crippen LogP) is 5.31. The van der Waals surface area contributed by atoms with Gasteiger partial charge >= 0.3 is 0 Å². The van der Waals surface area contributed by atoms with Gasteiger partial charge in [-0.1, -0.05) is 32.4 Å². The molecule has 0 aliphatic carbocycles. The van der Waals surface area contributed by atoms with Crippen LogP contribution >= 0.6 is 11.6 Å². The van der Waals surface area contributed by atoms with Gasteiger partial charge in [0.05, 0.1) is 6.61 Å². The summed E-state index contributed by atoms with van der Waals surface area (Å²) in [6.07, 6.45) is 1.41. The fraction of sp³-hybridized carbons (Fsp3) is 0.320. The number of halogens is 1. The van der Waals surface area contributed by atoms with Crippen molar-refractivity contribution >= 4 is 43.1 Å². The molecule has 0 radical (unpaired) electrons. The predicted molar refractivity (Wildman–Crippen MR) is 143 cm³/mol. The first-order valence-electron chi connectivity index (χ1n) is 11.3. The van der Waals surface area contributed by atoms with Crippen LogP contribution in [-0.4, -0.2) is 42.8 Å². The molecule has 186 valence electrons. The average Bonchev–Trinajstić information content (AvgIpc) is 3.24. The zero-order valence-electron chi connectivity index (χ0n) is 20.7. The van der Waals surface area contributed by atoms with E-state index >= 15 is 0 Å². The van der Waals surface area contributed by atoms with Crippen molar-refractivity contribution in [2.75, 3.05) is 23.8 Å². The number of amides is 2. The molecule has 0 saturated carbocycles. The molecule has 2 amide bonds. The van der Waals surface area contributed by atoms with E-state index in [4.69, 9.17) is 21.8 Å². The van der Waals surface area contributed by atoms with E-state index in [0.717, 1.165) is 5.69 Å². The van der Waals surface area contributed by atoms with Gasteiger partial charge in [-0.05, 0) is 66.7 Å². The summed E-state index contributed by atoms with van der Waals surface area (Å²) >= 11 is 5.89. The minimum atomic E-state index is -1.78. The lowest BCUT2D eigenvalue weighted by Crippen LogP contribution is -2.41. The zero-order valence-corrected chi connectivity index (χ0v) is 22.4. The first kappa shape index (κ1) is 26.5. The Morgan fingerprint density at radius 3 is 2.23 bits per heavy atom. The molecule has 35 heavy (non-hydrogen) atoms. The van der Waals surface area contributed by atoms with E-state index in [1.54, 1.807) is 24.3 Å². The molecule has 0 unspecified atom stereocenters. The molecule has 0 saturated heterocycles. The maximum Gasteiger partial charge on any atom is 0.276 e. The summed E-state index contributed by atoms with van der Waals surface area (Å²) in [7, 11) is -1.78. The summed E-state index contributed by atoms with van der Waals surface area (Å²) in [5.41, 5.74) is 7.64. The Morgan fingerprint density at radius 2 is 1.66 bits per heavy atom. The van der Waals surface area contributed by atoms with E-state index in [2.05, 4.69) is 49.5 Å². The summed E-state index contributed by atoms with van der Waals surface area (Å²) in [6, 6.07) is 14.0. The molecule has 8 nitrogen and oxygen atoms in total. The van der Waals surface area contributed by atoms with Gasteiger partial charge in [0.2, 0.25) is 0 Å². The Kier molecular flexibility index (Phi) is 8.04. The molecule has 1 aromatic heterocycles. The van der Waals surface area contributed by atoms with Crippen molar-refractivity contribution in [2.24, 2.45) is 5.73 Å². The number of benzene rings is 2. The first-order valence-corrected chi connectivity index (χ1v) is 14.6. The number of aromatic nitrogens is 2. The average molecular weight is 514 g/mol. The van der Waals surface area contributed by atoms with Crippen molar-refractivity contribution in [3.05, 3.63) is 71.3 Å². The molecule has 0 fully saturated rings. The van der Waals surface area contributed by atoms with Crippen LogP contribution in [0.5, 0.6) is 0 Å². The third-order valence-electron chi connectivity index (χ3n) is 6.16. The van der Waals surface area contributed by atoms with E-state index in [9.17, 15) is 9.59 Å². The van der Waals surface area contributed by atoms with Crippen LogP contribution in [0.2, 0.25) is 23.2 Å². The minimum absolute atomic E-state index is 0.0000527. The number of nitrogens with one attached hydrogen (secondary N) is 2. The number of carbonyl (C=O) groups excluding carboxylic acids is 2. The van der Waals surface area contributed by atoms with Crippen molar-refractivity contribution < 1.29 is 14.0 Å². The monoisotopic (exact) mass is 513 g/mol. The molecule has 4 N–H and O–H groups in total. The zero-order chi connectivity index (χ0) is 25.8. The fourth-order valence-corrected chi connectivity index (χ4v) is 4.30. The van der Waals surface area contributed by atoms with Gasteiger partial charge in [0.15, 0.2) is 14.0 Å². The van der Waals surface area contributed by atoms with Crippen LogP contribution in [0, 0.1) is 0 Å². The standard InChI is InChI=1S/C25H32ClN5O3Si/c1-25(2,3)35(4,5)34-15-14-28-18-10-12-20(13-11-18)31-16-29-21(22(31)23(27)32)24(33)30-19-8-6-17(26)7-9-19/h6-13,16,28H,14-15H2,1-5H3,(H2,27,32)(H,30,33). The van der Waals surface area contributed by atoms with E-state index in [1.807, 2.05) is 24.3 Å². The lowest BCUT2D eigenvalue weighted by Gasteiger charge is -2.36. The van der Waals surface area contributed by atoms with Crippen molar-refractivity contribution in [2.45, 2.75) is 38.9 Å². The van der Waals surface area contributed by atoms with E-state index in [-0.39, 0.29) is 16.4 Å². The number of nitrogens with two attached hydrogens (primary N) is 1. The molecule has 0 bridgehead atoms. The Morgan fingerprint density at radius 1 is 1.06 bits per heavy atom. The largest absolute Gasteiger partial charge is 0.415 e. The third-order valence-corrected chi connectivity index (χ3v) is 11.0. The van der Waals surface area contributed by atoms with Crippen molar-refractivity contribution in [3.8, 4) is 5.69 Å². The van der Waals surface area contributed by atoms with Gasteiger partial charge in [-0.3, -0.25) is 14.2 Å². The quantitative estimate of drug-likeness (QED) is 0.265. The molecule has 0 aliphatic rings. The van der Waals surface area contributed by atoms with Gasteiger partial charge in [-0.25, -0.2) is 4.98 Å². The molecule has 2 aromatic carbocycles. The minimum Gasteiger partial charge on any atom is -0.415 e. The van der Waals surface area contributed by atoms with Gasteiger partial charge < -0.3 is 20.8 Å². The van der Waals surface area contributed by atoms with Crippen LogP contribution < -0.4 is 16.4 Å². The molecule has 3 aromatic rings. The first-order chi connectivity index (χ1) is 16.4. The molecule has 3 rings (SSSR count). The van der Waals surface area contributed by atoms with Crippen molar-refractivity contribution in [3.63, 3.8) is 0 Å². The topological polar surface area (TPSA) is 111 Å². The Hall–Kier alpha value is -3.14. The van der Waals surface area contributed by atoms with Gasteiger partial charge in [-0.15, -0.1) is 0 Å². The van der Waals surface area contributed by atoms with E-state index in [1.165, 1.54) is 10.9 Å². The highest BCUT2D eigenvalue weighted by Crippen LogP contribution is 2.36. The summed E-state index contributed by atoms with van der Waals surface area (Å²) in [6.45, 7) is 12.4. The second-order valence-corrected chi connectivity index (χ2v) is 15.0. The molecular weight excluding hydrogens is 482 g/mol. The molecule has 0 spiro atoms. The maximum absolute atomic E-state index is 12.8. The van der Waals surface area contributed by atoms with Crippen LogP contribution in [0.25, 0.3) is 5.69 Å². The smallest absolute Gasteiger partial charge is 0.276 e. The van der Waals surface area contributed by atoms with E-state index in [0.29, 0.717) is 29.5 Å². The van der Waals surface area contributed by atoms with Gasteiger partial charge in [0.25, 0.3) is 11.8 Å². The van der Waals surface area contributed by atoms with Gasteiger partial charge in [0, 0.05) is 28.6 Å². The molecule has 0 atom stereocenters. The number of hydrogen-bond donors (Lipinski definition) is 3. The molecule has 0 aliphatic heterocycles. The van der Waals surface area contributed by atoms with E-state index < -0.39 is 20.1 Å². The number of imidazole rings is 1. The molecular formula is C25H32ClN5O3Si. The Balaban J connectivity index is 1.69. The Labute approximate surface area is 212 Å². The highest BCUT2D eigenvalue weighted by molar-refractivity contribution is 6.74. The summed E-state index contributed by atoms with van der Waals surface area (Å²) < 4.78 is 7.70. The summed E-state index contributed by atoms with van der Waals surface area (Å²) in [5.74, 6) is -1.30. The number of nitrogens with zero attached hydrogens (tertiary/aromatic N) is 2. The third kappa shape index (κ3) is 6.50. The van der Waals surface area contributed by atoms with Crippen LogP contribution in [-0.2, 0) is 4.43 Å². The SMILES string of the molecule is CC(C)(C)[Si](C)(C)OCCNc1ccc(-n2cnc(C(=O)Nc3ccc(Cl)cc3)c2C(N)=O)cc1. The lowest BCUT2D eigenvalue weighted by atomic mass is 10.2. The second-order valence-electron chi connectivity index (χ2n) is 9.72. The lowest BCUT2D eigenvalue weighted by molar-refractivity contribution is 0.0970. The number of anilines is 2. The van der Waals surface area contributed by atoms with Crippen LogP contribution in [0.4, 0.5) is 11.4 Å².